The number of hydrogen-bond acceptors (Lipinski definition) is 5. The van der Waals surface area contributed by atoms with E-state index >= 15 is 0 Å². The van der Waals surface area contributed by atoms with Gasteiger partial charge < -0.3 is 4.74 Å². The molecule has 2 aromatic carbocycles. The van der Waals surface area contributed by atoms with Crippen molar-refractivity contribution in [2.75, 3.05) is 7.11 Å². The molecule has 1 fully saturated rings. The van der Waals surface area contributed by atoms with E-state index in [-0.39, 0.29) is 23.4 Å². The number of nitrogens with zero attached hydrogens (tertiary/aromatic N) is 2. The summed E-state index contributed by atoms with van der Waals surface area (Å²) in [7, 11) is 1.51. The third-order valence-corrected chi connectivity index (χ3v) is 5.23. The maximum atomic E-state index is 13.4. The SMILES string of the molecule is COc1ccc(C(=O)[C@H](C)N(C(=O)c2ccccc2Cl)N2C(=O)CCCC2=O)cc1. The van der Waals surface area contributed by atoms with E-state index in [0.29, 0.717) is 17.7 Å². The Kier molecular flexibility index (Phi) is 6.52. The minimum absolute atomic E-state index is 0.0970. The van der Waals surface area contributed by atoms with E-state index in [1.54, 1.807) is 36.4 Å². The minimum Gasteiger partial charge on any atom is -0.497 e. The van der Waals surface area contributed by atoms with Gasteiger partial charge in [0, 0.05) is 18.4 Å². The van der Waals surface area contributed by atoms with Crippen molar-refractivity contribution in [2.45, 2.75) is 32.2 Å². The monoisotopic (exact) mass is 428 g/mol. The largest absolute Gasteiger partial charge is 0.497 e. The number of Topliss-reactive ketones (excluding diaryl/α,β-unsaturated/α-hetero) is 1. The van der Waals surface area contributed by atoms with Crippen LogP contribution in [-0.2, 0) is 9.59 Å². The number of hydrazine groups is 1. The molecule has 1 aliphatic rings. The predicted molar refractivity (Wildman–Crippen MR) is 110 cm³/mol. The molecule has 1 atom stereocenters. The van der Waals surface area contributed by atoms with Crippen LogP contribution in [0.1, 0.15) is 46.9 Å². The second-order valence-corrected chi connectivity index (χ2v) is 7.26. The third kappa shape index (κ3) is 4.21. The summed E-state index contributed by atoms with van der Waals surface area (Å²) < 4.78 is 5.10. The molecule has 30 heavy (non-hydrogen) atoms. The minimum atomic E-state index is -1.12. The van der Waals surface area contributed by atoms with Gasteiger partial charge in [0.05, 0.1) is 17.7 Å². The fourth-order valence-electron chi connectivity index (χ4n) is 3.29. The van der Waals surface area contributed by atoms with Crippen molar-refractivity contribution in [1.82, 2.24) is 10.0 Å². The maximum Gasteiger partial charge on any atom is 0.275 e. The van der Waals surface area contributed by atoms with Crippen molar-refractivity contribution in [3.05, 3.63) is 64.7 Å². The average Bonchev–Trinajstić information content (AvgIpc) is 2.75. The molecule has 1 heterocycles. The van der Waals surface area contributed by atoms with Crippen LogP contribution < -0.4 is 4.74 Å². The average molecular weight is 429 g/mol. The van der Waals surface area contributed by atoms with E-state index in [1.165, 1.54) is 26.2 Å². The van der Waals surface area contributed by atoms with Crippen LogP contribution in [0.25, 0.3) is 0 Å². The zero-order valence-electron chi connectivity index (χ0n) is 16.6. The zero-order chi connectivity index (χ0) is 21.8. The number of methoxy groups -OCH3 is 1. The van der Waals surface area contributed by atoms with E-state index in [9.17, 15) is 19.2 Å². The number of hydrogen-bond donors (Lipinski definition) is 0. The third-order valence-electron chi connectivity index (χ3n) is 4.90. The lowest BCUT2D eigenvalue weighted by atomic mass is 10.0. The number of ether oxygens (including phenoxy) is 1. The first-order valence-electron chi connectivity index (χ1n) is 9.47. The van der Waals surface area contributed by atoms with Gasteiger partial charge in [-0.05, 0) is 49.7 Å². The number of ketones is 1. The van der Waals surface area contributed by atoms with Gasteiger partial charge in [-0.2, -0.15) is 5.01 Å². The highest BCUT2D eigenvalue weighted by Crippen LogP contribution is 2.25. The standard InChI is InChI=1S/C22H21ClN2O5/c1-14(21(28)15-10-12-16(30-2)13-11-15)24(25-19(26)8-5-9-20(25)27)22(29)17-6-3-4-7-18(17)23/h3-4,6-7,10-14H,5,8-9H2,1-2H3/t14-/m0/s1. The second-order valence-electron chi connectivity index (χ2n) is 6.85. The lowest BCUT2D eigenvalue weighted by molar-refractivity contribution is -0.165. The molecule has 1 saturated heterocycles. The first-order chi connectivity index (χ1) is 14.3. The van der Waals surface area contributed by atoms with E-state index < -0.39 is 29.5 Å². The van der Waals surface area contributed by atoms with Crippen LogP contribution in [-0.4, -0.2) is 46.7 Å². The Bertz CT molecular complexity index is 973. The molecule has 0 aliphatic carbocycles. The van der Waals surface area contributed by atoms with Gasteiger partial charge in [-0.3, -0.25) is 19.2 Å². The highest BCUT2D eigenvalue weighted by atomic mass is 35.5. The zero-order valence-corrected chi connectivity index (χ0v) is 17.4. The molecule has 0 unspecified atom stereocenters. The van der Waals surface area contributed by atoms with Crippen LogP contribution in [0, 0.1) is 0 Å². The van der Waals surface area contributed by atoms with Crippen molar-refractivity contribution in [2.24, 2.45) is 0 Å². The van der Waals surface area contributed by atoms with Crippen LogP contribution in [0.2, 0.25) is 5.02 Å². The van der Waals surface area contributed by atoms with Crippen molar-refractivity contribution < 1.29 is 23.9 Å². The molecular formula is C22H21ClN2O5. The number of carbonyl (C=O) groups excluding carboxylic acids is 4. The lowest BCUT2D eigenvalue weighted by Gasteiger charge is -2.38. The molecule has 0 spiro atoms. The molecule has 0 radical (unpaired) electrons. The summed E-state index contributed by atoms with van der Waals surface area (Å²) in [4.78, 5) is 51.6. The Morgan fingerprint density at radius 2 is 1.63 bits per heavy atom. The first-order valence-corrected chi connectivity index (χ1v) is 9.85. The molecule has 1 aliphatic heterocycles. The van der Waals surface area contributed by atoms with Crippen LogP contribution in [0.5, 0.6) is 5.75 Å². The van der Waals surface area contributed by atoms with E-state index in [2.05, 4.69) is 0 Å². The number of carbonyl (C=O) groups is 4. The van der Waals surface area contributed by atoms with Gasteiger partial charge in [-0.1, -0.05) is 23.7 Å². The number of rotatable bonds is 6. The summed E-state index contributed by atoms with van der Waals surface area (Å²) in [6.07, 6.45) is 0.631. The van der Waals surface area contributed by atoms with Crippen molar-refractivity contribution in [3.8, 4) is 5.75 Å². The topological polar surface area (TPSA) is 84.0 Å². The molecule has 156 valence electrons. The summed E-state index contributed by atoms with van der Waals surface area (Å²) >= 11 is 6.17. The van der Waals surface area contributed by atoms with Gasteiger partial charge >= 0.3 is 0 Å². The molecule has 0 N–H and O–H groups in total. The molecule has 2 aromatic rings. The van der Waals surface area contributed by atoms with Crippen molar-refractivity contribution in [1.29, 1.82) is 0 Å². The predicted octanol–water partition coefficient (Wildman–Crippen LogP) is 3.52. The molecule has 3 rings (SSSR count). The molecule has 7 nitrogen and oxygen atoms in total. The van der Waals surface area contributed by atoms with E-state index in [0.717, 1.165) is 10.0 Å². The first kappa shape index (κ1) is 21.5. The summed E-state index contributed by atoms with van der Waals surface area (Å²) in [6, 6.07) is 11.6. The van der Waals surface area contributed by atoms with Gasteiger partial charge in [-0.25, -0.2) is 5.01 Å². The van der Waals surface area contributed by atoms with Crippen LogP contribution in [0.3, 0.4) is 0 Å². The van der Waals surface area contributed by atoms with Crippen molar-refractivity contribution >= 4 is 35.1 Å². The second kappa shape index (κ2) is 9.09. The number of halogens is 1. The molecule has 0 saturated carbocycles. The Labute approximate surface area is 179 Å². The van der Waals surface area contributed by atoms with Crippen LogP contribution in [0.4, 0.5) is 0 Å². The Balaban J connectivity index is 2.02. The van der Waals surface area contributed by atoms with E-state index in [1.807, 2.05) is 0 Å². The van der Waals surface area contributed by atoms with Gasteiger partial charge in [0.15, 0.2) is 5.78 Å². The van der Waals surface area contributed by atoms with E-state index in [4.69, 9.17) is 16.3 Å². The molecule has 0 bridgehead atoms. The molecule has 3 amide bonds. The van der Waals surface area contributed by atoms with Gasteiger partial charge in [0.1, 0.15) is 11.8 Å². The fourth-order valence-corrected chi connectivity index (χ4v) is 3.50. The quantitative estimate of drug-likeness (QED) is 0.519. The normalized spacial score (nSPS) is 15.0. The van der Waals surface area contributed by atoms with Gasteiger partial charge in [-0.15, -0.1) is 0 Å². The maximum absolute atomic E-state index is 13.4. The highest BCUT2D eigenvalue weighted by Gasteiger charge is 2.40. The smallest absolute Gasteiger partial charge is 0.275 e. The number of piperidine rings is 1. The van der Waals surface area contributed by atoms with Crippen molar-refractivity contribution in [3.63, 3.8) is 0 Å². The summed E-state index contributed by atoms with van der Waals surface area (Å²) in [5.74, 6) is -1.60. The molecular weight excluding hydrogens is 408 g/mol. The molecule has 8 heteroatoms. The van der Waals surface area contributed by atoms with Crippen LogP contribution >= 0.6 is 11.6 Å². The summed E-state index contributed by atoms with van der Waals surface area (Å²) in [5.41, 5.74) is 0.414. The summed E-state index contributed by atoms with van der Waals surface area (Å²) in [5, 5.41) is 1.88. The Morgan fingerprint density at radius 1 is 1.03 bits per heavy atom. The molecule has 0 aromatic heterocycles. The summed E-state index contributed by atoms with van der Waals surface area (Å²) in [6.45, 7) is 1.48. The van der Waals surface area contributed by atoms with Gasteiger partial charge in [0.25, 0.3) is 5.91 Å². The number of amides is 3. The lowest BCUT2D eigenvalue weighted by Crippen LogP contribution is -2.59. The Morgan fingerprint density at radius 3 is 2.20 bits per heavy atom. The van der Waals surface area contributed by atoms with Crippen LogP contribution in [0.15, 0.2) is 48.5 Å². The Hall–Kier alpha value is -3.19. The number of imide groups is 1. The highest BCUT2D eigenvalue weighted by molar-refractivity contribution is 6.34. The fraction of sp³-hybridized carbons (Fsp3) is 0.273. The van der Waals surface area contributed by atoms with Gasteiger partial charge in [0.2, 0.25) is 11.8 Å². The number of benzene rings is 2.